The van der Waals surface area contributed by atoms with Gasteiger partial charge in [-0.15, -0.1) is 0 Å². The number of rotatable bonds is 4. The molecular weight excluding hydrogens is 331 g/mol. The quantitative estimate of drug-likeness (QED) is 0.668. The fourth-order valence-corrected chi connectivity index (χ4v) is 2.50. The molecule has 4 nitrogen and oxygen atoms in total. The molecule has 0 unspecified atom stereocenters. The van der Waals surface area contributed by atoms with Crippen LogP contribution < -0.4 is 5.32 Å². The summed E-state index contributed by atoms with van der Waals surface area (Å²) >= 11 is 3.39. The van der Waals surface area contributed by atoms with Gasteiger partial charge in [-0.25, -0.2) is 4.98 Å². The zero-order valence-electron chi connectivity index (χ0n) is 13.2. The lowest BCUT2D eigenvalue weighted by molar-refractivity contribution is 0.00578. The van der Waals surface area contributed by atoms with E-state index in [0.717, 1.165) is 15.6 Å². The molecule has 0 saturated carbocycles. The van der Waals surface area contributed by atoms with Gasteiger partial charge in [0.2, 0.25) is 0 Å². The van der Waals surface area contributed by atoms with Crippen LogP contribution in [-0.4, -0.2) is 36.9 Å². The lowest BCUT2D eigenvalue weighted by Crippen LogP contribution is -2.41. The van der Waals surface area contributed by atoms with Crippen molar-refractivity contribution in [3.63, 3.8) is 0 Å². The predicted molar refractivity (Wildman–Crippen MR) is 89.9 cm³/mol. The van der Waals surface area contributed by atoms with Crippen LogP contribution in [-0.2, 0) is 9.31 Å². The van der Waals surface area contributed by atoms with Crippen molar-refractivity contribution in [2.24, 2.45) is 0 Å². The number of hydrogen-bond donors (Lipinski definition) is 1. The molecule has 0 radical (unpaired) electrons. The second kappa shape index (κ2) is 6.20. The lowest BCUT2D eigenvalue weighted by Gasteiger charge is -2.32. The first-order valence-corrected chi connectivity index (χ1v) is 7.87. The maximum Gasteiger partial charge on any atom is 0.491 e. The molecule has 1 saturated heterocycles. The molecule has 0 spiro atoms. The molecule has 0 amide bonds. The van der Waals surface area contributed by atoms with Crippen molar-refractivity contribution in [3.05, 3.63) is 34.0 Å². The first-order chi connectivity index (χ1) is 9.75. The number of aromatic nitrogens is 1. The molecule has 1 aliphatic heterocycles. The van der Waals surface area contributed by atoms with Gasteiger partial charge in [0.05, 0.1) is 11.2 Å². The minimum absolute atomic E-state index is 0.330. The van der Waals surface area contributed by atoms with Gasteiger partial charge in [-0.05, 0) is 73.8 Å². The Morgan fingerprint density at radius 3 is 2.48 bits per heavy atom. The van der Waals surface area contributed by atoms with Gasteiger partial charge in [-0.3, -0.25) is 0 Å². The van der Waals surface area contributed by atoms with Gasteiger partial charge >= 0.3 is 7.12 Å². The fourth-order valence-electron chi connectivity index (χ4n) is 2.12. The topological polar surface area (TPSA) is 43.4 Å². The standard InChI is InChI=1S/C15H22BBrN2O2/c1-14(2)15(3,4)21-16(20-14)12(10-18-5)8-11-6-7-19-13(17)9-11/h6-9,18H,10H2,1-5H3. The van der Waals surface area contributed by atoms with Crippen molar-refractivity contribution in [3.8, 4) is 0 Å². The summed E-state index contributed by atoms with van der Waals surface area (Å²) in [6.07, 6.45) is 3.86. The molecule has 2 rings (SSSR count). The summed E-state index contributed by atoms with van der Waals surface area (Å²) in [6.45, 7) is 8.96. The van der Waals surface area contributed by atoms with E-state index in [4.69, 9.17) is 9.31 Å². The van der Waals surface area contributed by atoms with E-state index in [1.165, 1.54) is 0 Å². The van der Waals surface area contributed by atoms with Gasteiger partial charge in [0.25, 0.3) is 0 Å². The zero-order valence-corrected chi connectivity index (χ0v) is 14.8. The Bertz CT molecular complexity index is 530. The summed E-state index contributed by atoms with van der Waals surface area (Å²) in [7, 11) is 1.58. The molecule has 114 valence electrons. The van der Waals surface area contributed by atoms with Crippen LogP contribution in [0.4, 0.5) is 0 Å². The molecule has 0 aliphatic carbocycles. The van der Waals surface area contributed by atoms with Crippen LogP contribution in [0.25, 0.3) is 6.08 Å². The molecule has 1 N–H and O–H groups in total. The fraction of sp³-hybridized carbons (Fsp3) is 0.533. The largest absolute Gasteiger partial charge is 0.491 e. The lowest BCUT2D eigenvalue weighted by atomic mass is 9.77. The highest BCUT2D eigenvalue weighted by Gasteiger charge is 2.52. The minimum atomic E-state index is -0.339. The van der Waals surface area contributed by atoms with Crippen LogP contribution >= 0.6 is 15.9 Å². The van der Waals surface area contributed by atoms with Gasteiger partial charge in [-0.2, -0.15) is 0 Å². The van der Waals surface area contributed by atoms with Gasteiger partial charge in [0.15, 0.2) is 0 Å². The van der Waals surface area contributed by atoms with E-state index in [-0.39, 0.29) is 18.3 Å². The van der Waals surface area contributed by atoms with Crippen molar-refractivity contribution in [2.45, 2.75) is 38.9 Å². The van der Waals surface area contributed by atoms with E-state index in [9.17, 15) is 0 Å². The van der Waals surface area contributed by atoms with Crippen molar-refractivity contribution < 1.29 is 9.31 Å². The molecule has 0 aromatic carbocycles. The zero-order chi connectivity index (χ0) is 15.7. The van der Waals surface area contributed by atoms with Crippen LogP contribution in [0.5, 0.6) is 0 Å². The van der Waals surface area contributed by atoms with Gasteiger partial charge in [-0.1, -0.05) is 6.08 Å². The first-order valence-electron chi connectivity index (χ1n) is 7.07. The van der Waals surface area contributed by atoms with E-state index < -0.39 is 0 Å². The second-order valence-electron chi connectivity index (χ2n) is 6.25. The number of nitrogens with zero attached hydrogens (tertiary/aromatic N) is 1. The van der Waals surface area contributed by atoms with E-state index in [1.807, 2.05) is 19.2 Å². The third-order valence-corrected chi connectivity index (χ3v) is 4.47. The third kappa shape index (κ3) is 3.75. The van der Waals surface area contributed by atoms with Crippen LogP contribution in [0.1, 0.15) is 33.3 Å². The Balaban J connectivity index is 2.28. The highest BCUT2D eigenvalue weighted by atomic mass is 79.9. The monoisotopic (exact) mass is 352 g/mol. The average Bonchev–Trinajstić information content (AvgIpc) is 2.58. The van der Waals surface area contributed by atoms with Crippen molar-refractivity contribution >= 4 is 29.1 Å². The summed E-state index contributed by atoms with van der Waals surface area (Å²) in [6, 6.07) is 3.94. The molecule has 21 heavy (non-hydrogen) atoms. The highest BCUT2D eigenvalue weighted by molar-refractivity contribution is 9.10. The van der Waals surface area contributed by atoms with E-state index in [1.54, 1.807) is 6.20 Å². The molecular formula is C15H22BBrN2O2. The minimum Gasteiger partial charge on any atom is -0.400 e. The number of nitrogens with one attached hydrogen (secondary N) is 1. The van der Waals surface area contributed by atoms with Gasteiger partial charge < -0.3 is 14.6 Å². The number of halogens is 1. The van der Waals surface area contributed by atoms with Crippen LogP contribution in [0.2, 0.25) is 0 Å². The molecule has 0 bridgehead atoms. The molecule has 2 heterocycles. The summed E-state index contributed by atoms with van der Waals surface area (Å²) < 4.78 is 13.1. The SMILES string of the molecule is CNCC(=Cc1ccnc(Br)c1)B1OC(C)(C)C(C)(C)O1. The molecule has 1 aliphatic rings. The molecule has 1 aromatic rings. The summed E-state index contributed by atoms with van der Waals surface area (Å²) in [5, 5.41) is 3.18. The molecule has 1 aromatic heterocycles. The van der Waals surface area contributed by atoms with Crippen LogP contribution in [0.15, 0.2) is 28.4 Å². The first kappa shape index (κ1) is 16.7. The number of pyridine rings is 1. The maximum atomic E-state index is 6.12. The van der Waals surface area contributed by atoms with Crippen LogP contribution in [0.3, 0.4) is 0 Å². The Morgan fingerprint density at radius 2 is 1.95 bits per heavy atom. The highest BCUT2D eigenvalue weighted by Crippen LogP contribution is 2.38. The Kier molecular flexibility index (Phi) is 4.93. The van der Waals surface area contributed by atoms with Crippen molar-refractivity contribution in [2.75, 3.05) is 13.6 Å². The normalized spacial score (nSPS) is 20.9. The smallest absolute Gasteiger partial charge is 0.400 e. The summed E-state index contributed by atoms with van der Waals surface area (Å²) in [5.41, 5.74) is 1.47. The summed E-state index contributed by atoms with van der Waals surface area (Å²) in [4.78, 5) is 4.15. The Labute approximate surface area is 135 Å². The predicted octanol–water partition coefficient (Wildman–Crippen LogP) is 3.08. The third-order valence-electron chi connectivity index (χ3n) is 4.04. The average molecular weight is 353 g/mol. The van der Waals surface area contributed by atoms with Gasteiger partial charge in [0.1, 0.15) is 4.60 Å². The Morgan fingerprint density at radius 1 is 1.33 bits per heavy atom. The van der Waals surface area contributed by atoms with E-state index >= 15 is 0 Å². The number of hydrogen-bond acceptors (Lipinski definition) is 4. The van der Waals surface area contributed by atoms with Crippen LogP contribution in [0, 0.1) is 0 Å². The summed E-state index contributed by atoms with van der Waals surface area (Å²) in [5.74, 6) is 0. The van der Waals surface area contributed by atoms with Crippen molar-refractivity contribution in [1.82, 2.24) is 10.3 Å². The Hall–Kier alpha value is -0.685. The van der Waals surface area contributed by atoms with E-state index in [0.29, 0.717) is 6.54 Å². The molecule has 6 heteroatoms. The molecule has 0 atom stereocenters. The maximum absolute atomic E-state index is 6.12. The van der Waals surface area contributed by atoms with E-state index in [2.05, 4.69) is 60.0 Å². The van der Waals surface area contributed by atoms with Gasteiger partial charge in [0, 0.05) is 12.7 Å². The second-order valence-corrected chi connectivity index (χ2v) is 7.06. The molecule has 1 fully saturated rings. The van der Waals surface area contributed by atoms with Crippen molar-refractivity contribution in [1.29, 1.82) is 0 Å². The number of likely N-dealkylation sites (N-methyl/N-ethyl adjacent to an activating group) is 1.